The van der Waals surface area contributed by atoms with E-state index in [0.717, 1.165) is 40.8 Å². The molecule has 2 aliphatic heterocycles. The van der Waals surface area contributed by atoms with E-state index in [9.17, 15) is 8.78 Å². The van der Waals surface area contributed by atoms with Crippen LogP contribution in [0, 0.1) is 0 Å². The molecule has 2 heterocycles. The van der Waals surface area contributed by atoms with Crippen LogP contribution in [0.2, 0.25) is 5.02 Å². The molecule has 0 radical (unpaired) electrons. The lowest BCUT2D eigenvalue weighted by Crippen LogP contribution is -2.44. The zero-order chi connectivity index (χ0) is 23.3. The molecule has 1 atom stereocenters. The molecule has 2 aliphatic rings. The molecule has 0 saturated carbocycles. The normalized spacial score (nSPS) is 17.0. The molecule has 0 bridgehead atoms. The summed E-state index contributed by atoms with van der Waals surface area (Å²) in [4.78, 5) is 8.96. The first kappa shape index (κ1) is 21.4. The van der Waals surface area contributed by atoms with Gasteiger partial charge in [-0.1, -0.05) is 48.0 Å². The highest BCUT2D eigenvalue weighted by Crippen LogP contribution is 2.36. The Bertz CT molecular complexity index is 1270. The summed E-state index contributed by atoms with van der Waals surface area (Å²) in [5, 5.41) is 6.80. The van der Waals surface area contributed by atoms with Gasteiger partial charge in [0, 0.05) is 42.9 Å². The molecule has 8 heteroatoms. The van der Waals surface area contributed by atoms with Crippen LogP contribution in [0.25, 0.3) is 11.1 Å². The minimum atomic E-state index is -2.86. The third kappa shape index (κ3) is 3.82. The molecule has 168 valence electrons. The van der Waals surface area contributed by atoms with Crippen molar-refractivity contribution in [3.8, 4) is 11.1 Å². The van der Waals surface area contributed by atoms with Crippen molar-refractivity contribution in [3.63, 3.8) is 0 Å². The molecule has 0 amide bonds. The Balaban J connectivity index is 1.51. The van der Waals surface area contributed by atoms with Crippen LogP contribution in [-0.4, -0.2) is 37.6 Å². The second-order valence-corrected chi connectivity index (χ2v) is 8.68. The van der Waals surface area contributed by atoms with Crippen molar-refractivity contribution in [3.05, 3.63) is 82.9 Å². The molecule has 0 saturated heterocycles. The monoisotopic (exact) mass is 465 g/mol. The van der Waals surface area contributed by atoms with Crippen LogP contribution >= 0.6 is 11.6 Å². The van der Waals surface area contributed by atoms with Gasteiger partial charge in [-0.25, -0.2) is 13.8 Å². The van der Waals surface area contributed by atoms with E-state index in [4.69, 9.17) is 16.6 Å². The second-order valence-electron chi connectivity index (χ2n) is 8.25. The topological polar surface area (TPSA) is 34.4 Å². The predicted molar refractivity (Wildman–Crippen MR) is 130 cm³/mol. The molecule has 0 aromatic heterocycles. The summed E-state index contributed by atoms with van der Waals surface area (Å²) in [6, 6.07) is 20.1. The van der Waals surface area contributed by atoms with Crippen LogP contribution in [0.5, 0.6) is 0 Å². The Morgan fingerprint density at radius 1 is 1.00 bits per heavy atom. The van der Waals surface area contributed by atoms with E-state index in [1.165, 1.54) is 12.1 Å². The smallest absolute Gasteiger partial charge is 0.270 e. The van der Waals surface area contributed by atoms with Crippen LogP contribution in [0.1, 0.15) is 18.1 Å². The molecule has 3 aromatic carbocycles. The van der Waals surface area contributed by atoms with Gasteiger partial charge in [-0.05, 0) is 41.5 Å². The Kier molecular flexibility index (Phi) is 5.09. The summed E-state index contributed by atoms with van der Waals surface area (Å²) in [6.07, 6.45) is 1.46. The molecule has 5 rings (SSSR count). The van der Waals surface area contributed by atoms with Crippen LogP contribution in [0.3, 0.4) is 0 Å². The first-order chi connectivity index (χ1) is 15.7. The van der Waals surface area contributed by atoms with E-state index in [-0.39, 0.29) is 11.9 Å². The van der Waals surface area contributed by atoms with Gasteiger partial charge < -0.3 is 4.90 Å². The van der Waals surface area contributed by atoms with E-state index in [2.05, 4.69) is 5.10 Å². The summed E-state index contributed by atoms with van der Waals surface area (Å²) in [6.45, 7) is 0.904. The minimum Gasteiger partial charge on any atom is -0.329 e. The number of hydrogen-bond donors (Lipinski definition) is 0. The molecule has 0 aliphatic carbocycles. The number of aliphatic imine (C=N–C) groups is 1. The third-order valence-electron chi connectivity index (χ3n) is 5.93. The van der Waals surface area contributed by atoms with Crippen molar-refractivity contribution >= 4 is 35.1 Å². The van der Waals surface area contributed by atoms with Gasteiger partial charge >= 0.3 is 0 Å². The van der Waals surface area contributed by atoms with Gasteiger partial charge in [0.05, 0.1) is 5.69 Å². The summed E-state index contributed by atoms with van der Waals surface area (Å²) < 4.78 is 27.2. The first-order valence-electron chi connectivity index (χ1n) is 10.5. The van der Waals surface area contributed by atoms with Crippen molar-refractivity contribution in [1.82, 2.24) is 5.01 Å². The van der Waals surface area contributed by atoms with Gasteiger partial charge in [0.1, 0.15) is 12.2 Å². The van der Waals surface area contributed by atoms with Crippen LogP contribution in [-0.2, 0) is 5.92 Å². The van der Waals surface area contributed by atoms with Crippen molar-refractivity contribution < 1.29 is 8.78 Å². The zero-order valence-corrected chi connectivity index (χ0v) is 19.1. The molecule has 0 N–H and O–H groups in total. The average Bonchev–Trinajstić information content (AvgIpc) is 3.18. The van der Waals surface area contributed by atoms with Gasteiger partial charge in [0.2, 0.25) is 6.29 Å². The summed E-state index contributed by atoms with van der Waals surface area (Å²) >= 11 is 6.29. The van der Waals surface area contributed by atoms with Crippen molar-refractivity contribution in [1.29, 1.82) is 0 Å². The first-order valence-corrected chi connectivity index (χ1v) is 10.9. The van der Waals surface area contributed by atoms with Crippen LogP contribution < -0.4 is 9.80 Å². The summed E-state index contributed by atoms with van der Waals surface area (Å²) in [5.74, 6) is -2.07. The molecule has 1 unspecified atom stereocenters. The summed E-state index contributed by atoms with van der Waals surface area (Å²) in [5.41, 5.74) is 4.60. The number of hydrogen-bond acceptors (Lipinski definition) is 5. The number of alkyl halides is 2. The Morgan fingerprint density at radius 2 is 1.76 bits per heavy atom. The van der Waals surface area contributed by atoms with Gasteiger partial charge in [-0.2, -0.15) is 5.10 Å². The lowest BCUT2D eigenvalue weighted by Gasteiger charge is -2.35. The Morgan fingerprint density at radius 3 is 2.48 bits per heavy atom. The lowest BCUT2D eigenvalue weighted by molar-refractivity contribution is 0.0175. The van der Waals surface area contributed by atoms with Gasteiger partial charge in [0.15, 0.2) is 0 Å². The number of halogens is 3. The molecule has 0 fully saturated rings. The third-order valence-corrected chi connectivity index (χ3v) is 6.17. The quantitative estimate of drug-likeness (QED) is 0.476. The zero-order valence-electron chi connectivity index (χ0n) is 18.4. The van der Waals surface area contributed by atoms with Gasteiger partial charge in [-0.15, -0.1) is 0 Å². The highest BCUT2D eigenvalue weighted by molar-refractivity contribution is 6.31. The van der Waals surface area contributed by atoms with Crippen LogP contribution in [0.4, 0.5) is 20.2 Å². The fraction of sp³-hybridized carbons (Fsp3) is 0.200. The molecule has 33 heavy (non-hydrogen) atoms. The lowest BCUT2D eigenvalue weighted by atomic mass is 10.0. The standard InChI is InChI=1S/C25H22ClF2N5/c1-25(27,28)18-9-7-16(8-10-18)17-5-4-6-20(13-17)31(2)23-21-12-11-19(26)14-22(21)33-15-29-32(3)24(33)30-23/h4-15,24H,1-3H3. The number of rotatable bonds is 3. The average molecular weight is 466 g/mol. The van der Waals surface area contributed by atoms with Crippen molar-refractivity contribution in [2.24, 2.45) is 10.1 Å². The number of anilines is 2. The molecule has 0 spiro atoms. The fourth-order valence-electron chi connectivity index (χ4n) is 4.09. The molecule has 3 aromatic rings. The summed E-state index contributed by atoms with van der Waals surface area (Å²) in [7, 11) is 3.84. The van der Waals surface area contributed by atoms with Gasteiger partial charge in [0.25, 0.3) is 5.92 Å². The van der Waals surface area contributed by atoms with Gasteiger partial charge in [-0.3, -0.25) is 9.91 Å². The maximum atomic E-state index is 13.6. The predicted octanol–water partition coefficient (Wildman–Crippen LogP) is 5.99. The minimum absolute atomic E-state index is 0.00110. The maximum absolute atomic E-state index is 13.6. The molecular weight excluding hydrogens is 444 g/mol. The van der Waals surface area contributed by atoms with E-state index in [1.54, 1.807) is 23.5 Å². The number of benzene rings is 3. The highest BCUT2D eigenvalue weighted by Gasteiger charge is 2.34. The second kappa shape index (κ2) is 7.85. The Labute approximate surface area is 196 Å². The number of amidine groups is 1. The van der Waals surface area contributed by atoms with E-state index in [0.29, 0.717) is 5.02 Å². The maximum Gasteiger partial charge on any atom is 0.270 e. The largest absolute Gasteiger partial charge is 0.329 e. The number of hydrazone groups is 1. The van der Waals surface area contributed by atoms with Crippen LogP contribution in [0.15, 0.2) is 76.8 Å². The molecule has 5 nitrogen and oxygen atoms in total. The van der Waals surface area contributed by atoms with E-state index in [1.807, 2.05) is 66.4 Å². The molecular formula is C25H22ClF2N5. The number of fused-ring (bicyclic) bond motifs is 3. The Hall–Kier alpha value is -3.45. The number of nitrogens with zero attached hydrogens (tertiary/aromatic N) is 5. The van der Waals surface area contributed by atoms with Crippen molar-refractivity contribution in [2.45, 2.75) is 19.1 Å². The van der Waals surface area contributed by atoms with E-state index < -0.39 is 5.92 Å². The fourth-order valence-corrected chi connectivity index (χ4v) is 4.26. The highest BCUT2D eigenvalue weighted by atomic mass is 35.5. The SMILES string of the molecule is CN(C1=NC2N(C)N=CN2c2cc(Cl)ccc21)c1cccc(-c2ccc(C(C)(F)F)cc2)c1. The van der Waals surface area contributed by atoms with E-state index >= 15 is 0 Å². The van der Waals surface area contributed by atoms with Crippen molar-refractivity contribution in [2.75, 3.05) is 23.9 Å².